The second kappa shape index (κ2) is 7.59. The van der Waals surface area contributed by atoms with Crippen LogP contribution in [-0.4, -0.2) is 35.1 Å². The van der Waals surface area contributed by atoms with Crippen LogP contribution in [0, 0.1) is 11.7 Å². The van der Waals surface area contributed by atoms with E-state index in [4.69, 9.17) is 11.6 Å². The molecule has 166 valence electrons. The normalized spacial score (nSPS) is 21.8. The molecule has 1 N–H and O–H groups in total. The number of amides is 1. The molecule has 2 heterocycles. The first-order valence-corrected chi connectivity index (χ1v) is 11.2. The van der Waals surface area contributed by atoms with Gasteiger partial charge in [-0.1, -0.05) is 11.6 Å². The Bertz CT molecular complexity index is 1300. The molecule has 5 rings (SSSR count). The van der Waals surface area contributed by atoms with Crippen LogP contribution in [0.2, 0.25) is 5.02 Å². The molecule has 1 aromatic carbocycles. The largest absolute Gasteiger partial charge is 0.363 e. The van der Waals surface area contributed by atoms with Gasteiger partial charge in [0.1, 0.15) is 17.2 Å². The van der Waals surface area contributed by atoms with Crippen molar-refractivity contribution in [3.63, 3.8) is 0 Å². The van der Waals surface area contributed by atoms with Crippen LogP contribution in [0.4, 0.5) is 10.2 Å². The van der Waals surface area contributed by atoms with E-state index in [9.17, 15) is 14.0 Å². The molecule has 2 aromatic heterocycles. The van der Waals surface area contributed by atoms with Crippen molar-refractivity contribution in [2.45, 2.75) is 37.6 Å². The quantitative estimate of drug-likeness (QED) is 0.638. The third-order valence-corrected chi connectivity index (χ3v) is 7.13. The van der Waals surface area contributed by atoms with Gasteiger partial charge in [-0.15, -0.1) is 0 Å². The lowest BCUT2D eigenvalue weighted by Crippen LogP contribution is -2.46. The number of pyridine rings is 2. The molecule has 6 nitrogen and oxygen atoms in total. The number of nitrogens with one attached hydrogen (secondary N) is 1. The molecular weight excluding hydrogens is 431 g/mol. The number of halogens is 2. The molecule has 2 saturated carbocycles. The van der Waals surface area contributed by atoms with Crippen molar-refractivity contribution in [2.75, 3.05) is 19.0 Å². The monoisotopic (exact) mass is 454 g/mol. The third kappa shape index (κ3) is 3.45. The molecule has 32 heavy (non-hydrogen) atoms. The summed E-state index contributed by atoms with van der Waals surface area (Å²) in [6, 6.07) is 7.41. The molecular formula is C24H24ClFN4O2. The van der Waals surface area contributed by atoms with E-state index in [1.54, 1.807) is 16.7 Å². The van der Waals surface area contributed by atoms with E-state index in [2.05, 4.69) is 10.3 Å². The lowest BCUT2D eigenvalue weighted by molar-refractivity contribution is 0.0899. The summed E-state index contributed by atoms with van der Waals surface area (Å²) >= 11 is 6.35. The summed E-state index contributed by atoms with van der Waals surface area (Å²) in [4.78, 5) is 33.1. The maximum Gasteiger partial charge on any atom is 0.257 e. The highest BCUT2D eigenvalue weighted by atomic mass is 35.5. The van der Waals surface area contributed by atoms with E-state index < -0.39 is 5.82 Å². The van der Waals surface area contributed by atoms with Crippen LogP contribution >= 0.6 is 11.6 Å². The topological polar surface area (TPSA) is 67.2 Å². The van der Waals surface area contributed by atoms with Crippen molar-refractivity contribution in [3.05, 3.63) is 63.2 Å². The molecule has 0 aliphatic heterocycles. The Morgan fingerprint density at radius 1 is 1.25 bits per heavy atom. The molecule has 0 spiro atoms. The number of aromatic nitrogens is 2. The Morgan fingerprint density at radius 2 is 2.00 bits per heavy atom. The van der Waals surface area contributed by atoms with Gasteiger partial charge in [0.25, 0.3) is 5.91 Å². The highest BCUT2D eigenvalue weighted by Gasteiger charge is 2.46. The van der Waals surface area contributed by atoms with Gasteiger partial charge in [-0.3, -0.25) is 14.2 Å². The van der Waals surface area contributed by atoms with E-state index >= 15 is 0 Å². The van der Waals surface area contributed by atoms with Crippen molar-refractivity contribution in [1.29, 1.82) is 0 Å². The summed E-state index contributed by atoms with van der Waals surface area (Å²) in [5.41, 5.74) is 0.228. The number of hydrogen-bond donors (Lipinski definition) is 1. The third-order valence-electron chi connectivity index (χ3n) is 6.83. The zero-order valence-corrected chi connectivity index (χ0v) is 18.7. The van der Waals surface area contributed by atoms with Gasteiger partial charge in [-0.2, -0.15) is 0 Å². The van der Waals surface area contributed by atoms with Crippen LogP contribution in [0.25, 0.3) is 16.7 Å². The molecule has 1 amide bonds. The summed E-state index contributed by atoms with van der Waals surface area (Å²) < 4.78 is 15.3. The molecule has 2 aliphatic carbocycles. The fourth-order valence-electron chi connectivity index (χ4n) is 5.14. The molecule has 2 bridgehead atoms. The van der Waals surface area contributed by atoms with Gasteiger partial charge in [0.05, 0.1) is 16.1 Å². The fourth-order valence-corrected chi connectivity index (χ4v) is 5.40. The van der Waals surface area contributed by atoms with Crippen LogP contribution in [-0.2, 0) is 0 Å². The van der Waals surface area contributed by atoms with Gasteiger partial charge in [-0.05, 0) is 68.4 Å². The molecule has 3 aromatic rings. The van der Waals surface area contributed by atoms with E-state index in [0.29, 0.717) is 28.5 Å². The van der Waals surface area contributed by atoms with E-state index in [1.165, 1.54) is 24.4 Å². The van der Waals surface area contributed by atoms with Crippen molar-refractivity contribution >= 4 is 34.4 Å². The number of hydrogen-bond acceptors (Lipinski definition) is 4. The number of rotatable bonds is 4. The van der Waals surface area contributed by atoms with Crippen molar-refractivity contribution < 1.29 is 9.18 Å². The first-order valence-electron chi connectivity index (χ1n) is 10.8. The molecule has 2 fully saturated rings. The van der Waals surface area contributed by atoms with Crippen molar-refractivity contribution in [1.82, 2.24) is 14.9 Å². The van der Waals surface area contributed by atoms with E-state index in [0.717, 1.165) is 32.1 Å². The Morgan fingerprint density at radius 3 is 2.62 bits per heavy atom. The second-order valence-electron chi connectivity index (χ2n) is 9.15. The number of benzene rings is 1. The molecule has 8 heteroatoms. The van der Waals surface area contributed by atoms with Crippen molar-refractivity contribution in [3.8, 4) is 5.69 Å². The molecule has 2 aliphatic rings. The number of anilines is 1. The number of carbonyl (C=O) groups excluding carboxylic acids is 1. The van der Waals surface area contributed by atoms with E-state index in [-0.39, 0.29) is 27.5 Å². The van der Waals surface area contributed by atoms with Crippen LogP contribution in [0.15, 0.2) is 41.3 Å². The maximum atomic E-state index is 13.7. The molecule has 0 radical (unpaired) electrons. The number of nitrogens with zero attached hydrogens (tertiary/aromatic N) is 3. The SMILES string of the molecule is CN(C)c1ccc2c(=O)c(C(=O)NC34CCC(CC3)C4)cn(-c3ccc(F)cc3Cl)c2n1. The Labute approximate surface area is 190 Å². The van der Waals surface area contributed by atoms with E-state index in [1.807, 2.05) is 19.0 Å². The maximum absolute atomic E-state index is 13.7. The lowest BCUT2D eigenvalue weighted by atomic mass is 9.93. The van der Waals surface area contributed by atoms with Crippen LogP contribution in [0.3, 0.4) is 0 Å². The summed E-state index contributed by atoms with van der Waals surface area (Å²) in [6.45, 7) is 0. The second-order valence-corrected chi connectivity index (χ2v) is 9.56. The predicted octanol–water partition coefficient (Wildman–Crippen LogP) is 4.31. The Hall–Kier alpha value is -2.93. The van der Waals surface area contributed by atoms with Gasteiger partial charge in [0, 0.05) is 25.8 Å². The minimum Gasteiger partial charge on any atom is -0.363 e. The molecule has 0 unspecified atom stereocenters. The number of carbonyl (C=O) groups is 1. The first kappa shape index (κ1) is 20.9. The number of fused-ring (bicyclic) bond motifs is 3. The van der Waals surface area contributed by atoms with Crippen LogP contribution in [0.1, 0.15) is 42.5 Å². The fraction of sp³-hybridized carbons (Fsp3) is 0.375. The molecule has 0 saturated heterocycles. The van der Waals surface area contributed by atoms with Gasteiger partial charge >= 0.3 is 0 Å². The molecule has 0 atom stereocenters. The summed E-state index contributed by atoms with van der Waals surface area (Å²) in [7, 11) is 3.69. The predicted molar refractivity (Wildman–Crippen MR) is 123 cm³/mol. The summed E-state index contributed by atoms with van der Waals surface area (Å²) in [6.07, 6.45) is 6.57. The minimum atomic E-state index is -0.472. The Kier molecular flexibility index (Phi) is 4.97. The van der Waals surface area contributed by atoms with Gasteiger partial charge in [0.15, 0.2) is 5.65 Å². The Balaban J connectivity index is 1.69. The van der Waals surface area contributed by atoms with Gasteiger partial charge < -0.3 is 10.2 Å². The summed E-state index contributed by atoms with van der Waals surface area (Å²) in [5, 5.41) is 3.63. The van der Waals surface area contributed by atoms with Crippen molar-refractivity contribution in [2.24, 2.45) is 5.92 Å². The zero-order valence-electron chi connectivity index (χ0n) is 18.0. The summed E-state index contributed by atoms with van der Waals surface area (Å²) in [5.74, 6) is 0.446. The standard InChI is InChI=1S/C24H24ClFN4O2/c1-29(2)20-6-4-16-21(31)17(23(32)28-24-9-7-14(12-24)8-10-24)13-30(22(16)27-20)19-5-3-15(26)11-18(19)25/h3-6,11,13-14H,7-10,12H2,1-2H3,(H,28,32). The zero-order chi connectivity index (χ0) is 22.6. The highest BCUT2D eigenvalue weighted by molar-refractivity contribution is 6.32. The highest BCUT2D eigenvalue weighted by Crippen LogP contribution is 2.47. The van der Waals surface area contributed by atoms with Gasteiger partial charge in [-0.25, -0.2) is 9.37 Å². The van der Waals surface area contributed by atoms with Crippen LogP contribution in [0.5, 0.6) is 0 Å². The smallest absolute Gasteiger partial charge is 0.257 e. The average molecular weight is 455 g/mol. The minimum absolute atomic E-state index is 0.0296. The first-order chi connectivity index (χ1) is 15.3. The van der Waals surface area contributed by atoms with Crippen LogP contribution < -0.4 is 15.6 Å². The average Bonchev–Trinajstić information content (AvgIpc) is 3.34. The van der Waals surface area contributed by atoms with Gasteiger partial charge in [0.2, 0.25) is 5.43 Å². The lowest BCUT2D eigenvalue weighted by Gasteiger charge is -2.28.